The highest BCUT2D eigenvalue weighted by atomic mass is 15.0. The number of benzene rings is 5. The van der Waals surface area contributed by atoms with Gasteiger partial charge in [0.1, 0.15) is 6.33 Å². The van der Waals surface area contributed by atoms with Gasteiger partial charge in [0.05, 0.1) is 11.4 Å². The summed E-state index contributed by atoms with van der Waals surface area (Å²) < 4.78 is 0. The normalized spacial score (nSPS) is 11.6. The van der Waals surface area contributed by atoms with E-state index in [1.54, 1.807) is 6.33 Å². The monoisotopic (exact) mass is 551 g/mol. The largest absolute Gasteiger partial charge is 0.236 e. The van der Waals surface area contributed by atoms with Gasteiger partial charge >= 0.3 is 0 Å². The molecule has 0 aliphatic heterocycles. The van der Waals surface area contributed by atoms with Crippen LogP contribution in [0.2, 0.25) is 0 Å². The Hall–Kier alpha value is -5.81. The molecule has 1 aliphatic rings. The molecule has 0 radical (unpaired) electrons. The molecule has 0 fully saturated rings. The summed E-state index contributed by atoms with van der Waals surface area (Å²) in [7, 11) is 0. The molecule has 0 amide bonds. The predicted molar refractivity (Wildman–Crippen MR) is 171 cm³/mol. The quantitative estimate of drug-likeness (QED) is 0.214. The maximum Gasteiger partial charge on any atom is 0.164 e. The summed E-state index contributed by atoms with van der Waals surface area (Å²) in [6.45, 7) is 0. The van der Waals surface area contributed by atoms with E-state index in [0.717, 1.165) is 51.2 Å². The number of hydrogen-bond acceptors (Lipinski definition) is 5. The average Bonchev–Trinajstić information content (AvgIpc) is 3.48. The number of aromatic nitrogens is 5. The van der Waals surface area contributed by atoms with E-state index in [4.69, 9.17) is 19.9 Å². The Bertz CT molecular complexity index is 2050. The van der Waals surface area contributed by atoms with Crippen molar-refractivity contribution in [3.63, 3.8) is 0 Å². The van der Waals surface area contributed by atoms with Crippen LogP contribution in [0.1, 0.15) is 11.1 Å². The SMILES string of the molecule is c1ccc(-c2nc(-c3ccccc3)nc(-c3cccc(-c4cccc(-c5ncnc6c5Cc5ccccc5-6)c4)c3)n2)cc1. The van der Waals surface area contributed by atoms with Gasteiger partial charge in [-0.15, -0.1) is 0 Å². The van der Waals surface area contributed by atoms with Crippen LogP contribution in [-0.2, 0) is 6.42 Å². The fourth-order valence-corrected chi connectivity index (χ4v) is 5.78. The molecule has 0 bridgehead atoms. The summed E-state index contributed by atoms with van der Waals surface area (Å²) in [6.07, 6.45) is 2.52. The molecule has 43 heavy (non-hydrogen) atoms. The van der Waals surface area contributed by atoms with Crippen LogP contribution in [0.3, 0.4) is 0 Å². The van der Waals surface area contributed by atoms with Crippen LogP contribution in [0.4, 0.5) is 0 Å². The molecule has 2 aromatic heterocycles. The third-order valence-corrected chi connectivity index (χ3v) is 7.87. The van der Waals surface area contributed by atoms with Crippen LogP contribution in [0.25, 0.3) is 67.8 Å². The van der Waals surface area contributed by atoms with Crippen molar-refractivity contribution >= 4 is 0 Å². The average molecular weight is 552 g/mol. The van der Waals surface area contributed by atoms with E-state index in [2.05, 4.69) is 77.8 Å². The maximum atomic E-state index is 4.92. The van der Waals surface area contributed by atoms with Crippen molar-refractivity contribution in [1.29, 1.82) is 0 Å². The molecule has 8 rings (SSSR count). The summed E-state index contributed by atoms with van der Waals surface area (Å²) in [4.78, 5) is 24.1. The summed E-state index contributed by atoms with van der Waals surface area (Å²) in [5, 5.41) is 0. The molecule has 0 unspecified atom stereocenters. The lowest BCUT2D eigenvalue weighted by atomic mass is 9.97. The van der Waals surface area contributed by atoms with Crippen LogP contribution in [-0.4, -0.2) is 24.9 Å². The van der Waals surface area contributed by atoms with E-state index < -0.39 is 0 Å². The standard InChI is InChI=1S/C38H25N5/c1-3-11-25(12-4-1)36-41-37(26-13-5-2-6-14-26)43-38(42-36)31-19-10-17-28(22-31)27-16-9-18-30(21-27)34-33-23-29-15-7-8-20-32(29)35(33)40-24-39-34/h1-22,24H,23H2. The minimum atomic E-state index is 0.636. The van der Waals surface area contributed by atoms with Gasteiger partial charge in [0.15, 0.2) is 17.5 Å². The van der Waals surface area contributed by atoms with Crippen LogP contribution in [0, 0.1) is 0 Å². The summed E-state index contributed by atoms with van der Waals surface area (Å²) in [5.74, 6) is 1.93. The molecular formula is C38H25N5. The molecule has 0 spiro atoms. The zero-order valence-corrected chi connectivity index (χ0v) is 23.2. The van der Waals surface area contributed by atoms with Crippen molar-refractivity contribution in [2.24, 2.45) is 0 Å². The highest BCUT2D eigenvalue weighted by molar-refractivity contribution is 5.82. The second-order valence-corrected chi connectivity index (χ2v) is 10.6. The van der Waals surface area contributed by atoms with Gasteiger partial charge < -0.3 is 0 Å². The predicted octanol–water partition coefficient (Wildman–Crippen LogP) is 8.57. The summed E-state index contributed by atoms with van der Waals surface area (Å²) >= 11 is 0. The summed E-state index contributed by atoms with van der Waals surface area (Å²) in [5.41, 5.74) is 11.8. The second kappa shape index (κ2) is 10.5. The lowest BCUT2D eigenvalue weighted by Crippen LogP contribution is -2.00. The highest BCUT2D eigenvalue weighted by Gasteiger charge is 2.23. The van der Waals surface area contributed by atoms with E-state index in [-0.39, 0.29) is 0 Å². The number of rotatable bonds is 5. The zero-order chi connectivity index (χ0) is 28.6. The van der Waals surface area contributed by atoms with Crippen molar-refractivity contribution < 1.29 is 0 Å². The molecule has 0 saturated heterocycles. The van der Waals surface area contributed by atoms with Gasteiger partial charge in [0.2, 0.25) is 0 Å². The molecule has 0 atom stereocenters. The van der Waals surface area contributed by atoms with E-state index in [1.807, 2.05) is 60.7 Å². The minimum absolute atomic E-state index is 0.636. The van der Waals surface area contributed by atoms with Crippen molar-refractivity contribution in [2.75, 3.05) is 0 Å². The van der Waals surface area contributed by atoms with Gasteiger partial charge in [0, 0.05) is 39.8 Å². The Morgan fingerprint density at radius 3 is 1.56 bits per heavy atom. The Morgan fingerprint density at radius 2 is 0.884 bits per heavy atom. The van der Waals surface area contributed by atoms with Gasteiger partial charge in [-0.3, -0.25) is 0 Å². The fourth-order valence-electron chi connectivity index (χ4n) is 5.78. The van der Waals surface area contributed by atoms with Gasteiger partial charge in [-0.25, -0.2) is 24.9 Å². The topological polar surface area (TPSA) is 64.5 Å². The molecule has 5 aromatic carbocycles. The lowest BCUT2D eigenvalue weighted by molar-refractivity contribution is 1.07. The Labute approximate surface area is 249 Å². The van der Waals surface area contributed by atoms with E-state index in [1.165, 1.54) is 16.7 Å². The summed E-state index contributed by atoms with van der Waals surface area (Å²) in [6, 6.07) is 45.5. The first kappa shape index (κ1) is 24.9. The molecule has 202 valence electrons. The van der Waals surface area contributed by atoms with Gasteiger partial charge in [-0.2, -0.15) is 0 Å². The molecule has 2 heterocycles. The smallest absolute Gasteiger partial charge is 0.164 e. The fraction of sp³-hybridized carbons (Fsp3) is 0.0263. The van der Waals surface area contributed by atoms with E-state index in [0.29, 0.717) is 17.5 Å². The minimum Gasteiger partial charge on any atom is -0.236 e. The first-order chi connectivity index (χ1) is 21.3. The Kier molecular flexibility index (Phi) is 6.12. The Balaban J connectivity index is 1.20. The third kappa shape index (κ3) is 4.67. The Morgan fingerprint density at radius 1 is 0.395 bits per heavy atom. The molecule has 5 nitrogen and oxygen atoms in total. The van der Waals surface area contributed by atoms with E-state index in [9.17, 15) is 0 Å². The van der Waals surface area contributed by atoms with Crippen LogP contribution < -0.4 is 0 Å². The zero-order valence-electron chi connectivity index (χ0n) is 23.2. The first-order valence-corrected chi connectivity index (χ1v) is 14.3. The molecule has 5 heteroatoms. The van der Waals surface area contributed by atoms with Crippen molar-refractivity contribution in [3.05, 3.63) is 151 Å². The number of nitrogens with zero attached hydrogens (tertiary/aromatic N) is 5. The van der Waals surface area contributed by atoms with Crippen LogP contribution in [0.5, 0.6) is 0 Å². The lowest BCUT2D eigenvalue weighted by Gasteiger charge is -2.11. The van der Waals surface area contributed by atoms with E-state index >= 15 is 0 Å². The van der Waals surface area contributed by atoms with Gasteiger partial charge in [-0.05, 0) is 28.8 Å². The van der Waals surface area contributed by atoms with Crippen LogP contribution in [0.15, 0.2) is 140 Å². The van der Waals surface area contributed by atoms with Crippen molar-refractivity contribution in [1.82, 2.24) is 24.9 Å². The van der Waals surface area contributed by atoms with Crippen LogP contribution >= 0.6 is 0 Å². The number of fused-ring (bicyclic) bond motifs is 3. The third-order valence-electron chi connectivity index (χ3n) is 7.87. The van der Waals surface area contributed by atoms with Gasteiger partial charge in [0.25, 0.3) is 0 Å². The second-order valence-electron chi connectivity index (χ2n) is 10.6. The molecule has 1 aliphatic carbocycles. The highest BCUT2D eigenvalue weighted by Crippen LogP contribution is 2.39. The molecule has 0 N–H and O–H groups in total. The molecule has 0 saturated carbocycles. The van der Waals surface area contributed by atoms with Crippen molar-refractivity contribution in [3.8, 4) is 67.8 Å². The first-order valence-electron chi connectivity index (χ1n) is 14.3. The maximum absolute atomic E-state index is 4.92. The number of hydrogen-bond donors (Lipinski definition) is 0. The molecular weight excluding hydrogens is 526 g/mol. The molecule has 7 aromatic rings. The van der Waals surface area contributed by atoms with Gasteiger partial charge in [-0.1, -0.05) is 121 Å². The van der Waals surface area contributed by atoms with Crippen molar-refractivity contribution in [2.45, 2.75) is 6.42 Å².